The number of hydrogen-bond acceptors (Lipinski definition) is 6. The Morgan fingerprint density at radius 3 is 1.47 bits per heavy atom. The van der Waals surface area contributed by atoms with Gasteiger partial charge in [0, 0.05) is 48.4 Å². The van der Waals surface area contributed by atoms with E-state index in [2.05, 4.69) is 59.7 Å². The van der Waals surface area contributed by atoms with Crippen LogP contribution in [0, 0.1) is 0 Å². The number of rotatable bonds is 10. The number of ether oxygens (including phenoxy) is 2. The van der Waals surface area contributed by atoms with Crippen LogP contribution < -0.4 is 0 Å². The van der Waals surface area contributed by atoms with E-state index in [1.807, 2.05) is 6.92 Å². The SMILES string of the molecule is CCOCC[Si](C)(C)C.C[Si](C)(C)CCOCCl.O=Cc1ccn[nH]1.O=Cc1ccn[nH]1. The van der Waals surface area contributed by atoms with Crippen LogP contribution >= 0.6 is 11.6 Å². The van der Waals surface area contributed by atoms with E-state index in [0.29, 0.717) is 30.0 Å². The van der Waals surface area contributed by atoms with Crippen LogP contribution in [0.1, 0.15) is 27.9 Å². The van der Waals surface area contributed by atoms with Crippen LogP contribution in [0.2, 0.25) is 51.4 Å². The van der Waals surface area contributed by atoms with Gasteiger partial charge in [-0.1, -0.05) is 50.9 Å². The molecule has 0 aliphatic heterocycles. The maximum absolute atomic E-state index is 9.80. The summed E-state index contributed by atoms with van der Waals surface area (Å²) in [6.07, 6.45) is 4.49. The van der Waals surface area contributed by atoms with Gasteiger partial charge in [0.2, 0.25) is 0 Å². The molecule has 0 unspecified atom stereocenters. The molecule has 11 heteroatoms. The lowest BCUT2D eigenvalue weighted by atomic mass is 10.5. The Balaban J connectivity index is 0. The molecule has 2 aromatic heterocycles. The number of carbonyl (C=O) groups excluding carboxylic acids is 2. The largest absolute Gasteiger partial charge is 0.382 e. The van der Waals surface area contributed by atoms with Crippen molar-refractivity contribution in [3.63, 3.8) is 0 Å². The van der Waals surface area contributed by atoms with Crippen molar-refractivity contribution in [3.05, 3.63) is 35.9 Å². The third kappa shape index (κ3) is 26.4. The zero-order valence-electron chi connectivity index (χ0n) is 20.6. The van der Waals surface area contributed by atoms with E-state index < -0.39 is 16.1 Å². The first-order valence-electron chi connectivity index (χ1n) is 10.6. The van der Waals surface area contributed by atoms with Crippen molar-refractivity contribution in [2.24, 2.45) is 0 Å². The zero-order chi connectivity index (χ0) is 24.9. The van der Waals surface area contributed by atoms with Gasteiger partial charge in [0.1, 0.15) is 6.07 Å². The van der Waals surface area contributed by atoms with Crippen molar-refractivity contribution in [2.45, 2.75) is 58.3 Å². The van der Waals surface area contributed by atoms with Crippen LogP contribution in [0.15, 0.2) is 24.5 Å². The molecule has 8 nitrogen and oxygen atoms in total. The second-order valence-electron chi connectivity index (χ2n) is 9.10. The summed E-state index contributed by atoms with van der Waals surface area (Å²) in [5.74, 6) is 0. The minimum absolute atomic E-state index is 0.338. The van der Waals surface area contributed by atoms with Crippen molar-refractivity contribution in [2.75, 3.05) is 25.9 Å². The monoisotopic (exact) mass is 504 g/mol. The third-order valence-electron chi connectivity index (χ3n) is 3.57. The molecule has 2 rings (SSSR count). The lowest BCUT2D eigenvalue weighted by Crippen LogP contribution is -2.21. The van der Waals surface area contributed by atoms with Gasteiger partial charge in [0.05, 0.1) is 11.4 Å². The van der Waals surface area contributed by atoms with E-state index in [4.69, 9.17) is 21.1 Å². The molecule has 0 fully saturated rings. The third-order valence-corrected chi connectivity index (χ3v) is 7.14. The minimum atomic E-state index is -0.878. The van der Waals surface area contributed by atoms with Crippen LogP contribution in [-0.4, -0.2) is 75.0 Å². The number of carbonyl (C=O) groups is 2. The summed E-state index contributed by atoms with van der Waals surface area (Å²) in [7, 11) is -1.70. The molecule has 0 radical (unpaired) electrons. The molecule has 0 aromatic carbocycles. The van der Waals surface area contributed by atoms with Gasteiger partial charge in [0.15, 0.2) is 12.6 Å². The Morgan fingerprint density at radius 1 is 0.844 bits per heavy atom. The Labute approximate surface area is 199 Å². The summed E-state index contributed by atoms with van der Waals surface area (Å²) < 4.78 is 10.3. The molecular weight excluding hydrogens is 464 g/mol. The molecular formula is C21H41ClN4O4Si2. The average Bonchev–Trinajstić information content (AvgIpc) is 3.42. The summed E-state index contributed by atoms with van der Waals surface area (Å²) in [4.78, 5) is 19.6. The minimum Gasteiger partial charge on any atom is -0.382 e. The molecule has 0 aliphatic carbocycles. The predicted octanol–water partition coefficient (Wildman–Crippen LogP) is 5.34. The van der Waals surface area contributed by atoms with Crippen molar-refractivity contribution >= 4 is 40.3 Å². The topological polar surface area (TPSA) is 110 Å². The first-order valence-corrected chi connectivity index (χ1v) is 18.5. The van der Waals surface area contributed by atoms with Gasteiger partial charge in [-0.05, 0) is 31.1 Å². The van der Waals surface area contributed by atoms with Gasteiger partial charge < -0.3 is 9.47 Å². The lowest BCUT2D eigenvalue weighted by Gasteiger charge is -2.14. The number of hydrogen-bond donors (Lipinski definition) is 2. The number of aromatic amines is 2. The van der Waals surface area contributed by atoms with Gasteiger partial charge in [-0.15, -0.1) is 0 Å². The molecule has 0 saturated heterocycles. The van der Waals surface area contributed by atoms with E-state index in [9.17, 15) is 9.59 Å². The summed E-state index contributed by atoms with van der Waals surface area (Å²) in [5.41, 5.74) is 1.03. The van der Waals surface area contributed by atoms with Crippen LogP contribution in [0.5, 0.6) is 0 Å². The number of aldehydes is 2. The molecule has 2 aromatic rings. The highest BCUT2D eigenvalue weighted by Gasteiger charge is 2.11. The molecule has 184 valence electrons. The fraction of sp³-hybridized carbons (Fsp3) is 0.619. The van der Waals surface area contributed by atoms with Crippen molar-refractivity contribution in [1.82, 2.24) is 20.4 Å². The highest BCUT2D eigenvalue weighted by molar-refractivity contribution is 6.76. The number of nitrogens with one attached hydrogen (secondary N) is 2. The van der Waals surface area contributed by atoms with Crippen molar-refractivity contribution in [3.8, 4) is 0 Å². The Hall–Kier alpha value is -1.60. The van der Waals surface area contributed by atoms with Gasteiger partial charge in [0.25, 0.3) is 0 Å². The summed E-state index contributed by atoms with van der Waals surface area (Å²) in [5, 5.41) is 12.0. The number of H-pyrrole nitrogens is 2. The predicted molar refractivity (Wildman–Crippen MR) is 137 cm³/mol. The first-order chi connectivity index (χ1) is 15.0. The van der Waals surface area contributed by atoms with E-state index in [0.717, 1.165) is 19.8 Å². The van der Waals surface area contributed by atoms with E-state index in [-0.39, 0.29) is 0 Å². The molecule has 32 heavy (non-hydrogen) atoms. The molecule has 0 bridgehead atoms. The fourth-order valence-electron chi connectivity index (χ4n) is 1.62. The van der Waals surface area contributed by atoms with E-state index in [1.165, 1.54) is 24.5 Å². The lowest BCUT2D eigenvalue weighted by molar-refractivity contribution is 0.111. The number of alkyl halides is 1. The molecule has 0 atom stereocenters. The van der Waals surface area contributed by atoms with Crippen LogP contribution in [-0.2, 0) is 9.47 Å². The van der Waals surface area contributed by atoms with Crippen molar-refractivity contribution < 1.29 is 19.1 Å². The quantitative estimate of drug-likeness (QED) is 0.195. The molecule has 0 amide bonds. The van der Waals surface area contributed by atoms with Gasteiger partial charge >= 0.3 is 0 Å². The maximum atomic E-state index is 9.80. The van der Waals surface area contributed by atoms with Crippen LogP contribution in [0.25, 0.3) is 0 Å². The molecule has 0 aliphatic rings. The first kappa shape index (κ1) is 32.6. The average molecular weight is 505 g/mol. The molecule has 2 heterocycles. The molecule has 2 N–H and O–H groups in total. The molecule has 0 saturated carbocycles. The standard InChI is InChI=1S/C7H18OSi.C6H15ClOSi.2C4H4N2O/c1-5-8-6-7-9(2,3)4;1-9(2,3)5-4-8-6-7;2*7-3-4-1-2-5-6-4/h5-7H2,1-4H3;4-6H2,1-3H3;2*1-3H,(H,5,6). The van der Waals surface area contributed by atoms with E-state index in [1.54, 1.807) is 12.1 Å². The second-order valence-corrected chi connectivity index (χ2v) is 20.6. The Kier molecular flexibility index (Phi) is 20.4. The summed E-state index contributed by atoms with van der Waals surface area (Å²) in [6.45, 7) is 18.8. The van der Waals surface area contributed by atoms with Crippen LogP contribution in [0.4, 0.5) is 0 Å². The fourth-order valence-corrected chi connectivity index (χ4v) is 3.24. The maximum Gasteiger partial charge on any atom is 0.167 e. The van der Waals surface area contributed by atoms with Crippen LogP contribution in [0.3, 0.4) is 0 Å². The zero-order valence-corrected chi connectivity index (χ0v) is 23.4. The number of aromatic nitrogens is 4. The van der Waals surface area contributed by atoms with Crippen molar-refractivity contribution in [1.29, 1.82) is 0 Å². The Bertz CT molecular complexity index is 600. The van der Waals surface area contributed by atoms with Gasteiger partial charge in [-0.3, -0.25) is 19.8 Å². The van der Waals surface area contributed by atoms with Gasteiger partial charge in [-0.2, -0.15) is 10.2 Å². The summed E-state index contributed by atoms with van der Waals surface area (Å²) >= 11 is 5.32. The highest BCUT2D eigenvalue weighted by Crippen LogP contribution is 2.07. The second kappa shape index (κ2) is 20.0. The smallest absolute Gasteiger partial charge is 0.167 e. The normalized spacial score (nSPS) is 10.5. The number of nitrogens with zero attached hydrogens (tertiary/aromatic N) is 2. The Morgan fingerprint density at radius 2 is 1.25 bits per heavy atom. The van der Waals surface area contributed by atoms with E-state index >= 15 is 0 Å². The highest BCUT2D eigenvalue weighted by atomic mass is 35.5. The number of halogens is 1. The van der Waals surface area contributed by atoms with Gasteiger partial charge in [-0.25, -0.2) is 0 Å². The summed E-state index contributed by atoms with van der Waals surface area (Å²) in [6, 6.07) is 6.05. The molecule has 0 spiro atoms.